The summed E-state index contributed by atoms with van der Waals surface area (Å²) in [6.07, 6.45) is 0.911. The summed E-state index contributed by atoms with van der Waals surface area (Å²) in [6, 6.07) is 0. The van der Waals surface area contributed by atoms with Gasteiger partial charge in [0.2, 0.25) is 5.92 Å². The fourth-order valence-corrected chi connectivity index (χ4v) is 1.17. The summed E-state index contributed by atoms with van der Waals surface area (Å²) in [5.41, 5.74) is 0. The summed E-state index contributed by atoms with van der Waals surface area (Å²) in [6.45, 7) is 5.88. The van der Waals surface area contributed by atoms with E-state index in [0.29, 0.717) is 6.42 Å². The molecule has 0 N–H and O–H groups in total. The van der Waals surface area contributed by atoms with Crippen LogP contribution in [0.2, 0.25) is 0 Å². The number of hydrogen-bond acceptors (Lipinski definition) is 0. The smallest absolute Gasteiger partial charge is 0.207 e. The molecule has 1 aliphatic carbocycles. The first-order valence-electron chi connectivity index (χ1n) is 3.98. The molecule has 0 saturated heterocycles. The SMILES string of the molecule is CC.C[C@H]1CCC(F)(F)C1. The van der Waals surface area contributed by atoms with Crippen molar-refractivity contribution in [3.8, 4) is 0 Å². The van der Waals surface area contributed by atoms with Crippen molar-refractivity contribution in [2.75, 3.05) is 0 Å². The highest BCUT2D eigenvalue weighted by atomic mass is 19.3. The maximum atomic E-state index is 12.2. The predicted octanol–water partition coefficient (Wildman–Crippen LogP) is 3.47. The van der Waals surface area contributed by atoms with Gasteiger partial charge in [0.05, 0.1) is 0 Å². The van der Waals surface area contributed by atoms with E-state index in [0.717, 1.165) is 0 Å². The maximum absolute atomic E-state index is 12.2. The maximum Gasteiger partial charge on any atom is 0.248 e. The third-order valence-corrected chi connectivity index (χ3v) is 1.65. The van der Waals surface area contributed by atoms with Crippen molar-refractivity contribution in [1.29, 1.82) is 0 Å². The molecule has 0 unspecified atom stereocenters. The second-order valence-corrected chi connectivity index (χ2v) is 2.70. The summed E-state index contributed by atoms with van der Waals surface area (Å²) >= 11 is 0. The van der Waals surface area contributed by atoms with Crippen LogP contribution in [0.15, 0.2) is 0 Å². The molecule has 1 aliphatic rings. The Morgan fingerprint density at radius 2 is 1.80 bits per heavy atom. The lowest BCUT2D eigenvalue weighted by Gasteiger charge is -2.04. The van der Waals surface area contributed by atoms with Crippen molar-refractivity contribution in [3.63, 3.8) is 0 Å². The van der Waals surface area contributed by atoms with E-state index in [1.165, 1.54) is 0 Å². The highest BCUT2D eigenvalue weighted by molar-refractivity contribution is 4.78. The first kappa shape index (κ1) is 9.86. The van der Waals surface area contributed by atoms with E-state index in [1.807, 2.05) is 20.8 Å². The van der Waals surface area contributed by atoms with Gasteiger partial charge >= 0.3 is 0 Å². The van der Waals surface area contributed by atoms with Gasteiger partial charge in [0.15, 0.2) is 0 Å². The quantitative estimate of drug-likeness (QED) is 0.496. The standard InChI is InChI=1S/C6H10F2.C2H6/c1-5-2-3-6(7,8)4-5;1-2/h5H,2-4H2,1H3;1-2H3/t5-;/m0./s1. The molecule has 10 heavy (non-hydrogen) atoms. The summed E-state index contributed by atoms with van der Waals surface area (Å²) in [5, 5.41) is 0. The number of alkyl halides is 2. The van der Waals surface area contributed by atoms with Gasteiger partial charge in [-0.15, -0.1) is 0 Å². The average Bonchev–Trinajstić information content (AvgIpc) is 2.15. The zero-order valence-corrected chi connectivity index (χ0v) is 6.95. The zero-order valence-electron chi connectivity index (χ0n) is 6.95. The monoisotopic (exact) mass is 150 g/mol. The summed E-state index contributed by atoms with van der Waals surface area (Å²) in [5.74, 6) is -2.09. The molecule has 0 aromatic carbocycles. The Morgan fingerprint density at radius 3 is 1.90 bits per heavy atom. The van der Waals surface area contributed by atoms with Crippen molar-refractivity contribution < 1.29 is 8.78 Å². The fourth-order valence-electron chi connectivity index (χ4n) is 1.17. The van der Waals surface area contributed by atoms with Crippen LogP contribution in [-0.4, -0.2) is 5.92 Å². The Bertz CT molecular complexity index is 89.3. The minimum absolute atomic E-state index is 0.104. The van der Waals surface area contributed by atoms with Crippen LogP contribution in [0.25, 0.3) is 0 Å². The van der Waals surface area contributed by atoms with Crippen LogP contribution < -0.4 is 0 Å². The van der Waals surface area contributed by atoms with E-state index in [2.05, 4.69) is 0 Å². The van der Waals surface area contributed by atoms with Crippen molar-refractivity contribution in [3.05, 3.63) is 0 Å². The zero-order chi connectivity index (χ0) is 8.20. The molecule has 0 heterocycles. The molecular weight excluding hydrogens is 134 g/mol. The Kier molecular flexibility index (Phi) is 3.84. The molecule has 1 fully saturated rings. The van der Waals surface area contributed by atoms with Crippen molar-refractivity contribution in [1.82, 2.24) is 0 Å². The highest BCUT2D eigenvalue weighted by Crippen LogP contribution is 2.38. The lowest BCUT2D eigenvalue weighted by molar-refractivity contribution is 0.00580. The summed E-state index contributed by atoms with van der Waals surface area (Å²) < 4.78 is 24.4. The molecule has 0 nitrogen and oxygen atoms in total. The van der Waals surface area contributed by atoms with Crippen LogP contribution in [0.1, 0.15) is 40.0 Å². The fraction of sp³-hybridized carbons (Fsp3) is 1.00. The molecule has 2 heteroatoms. The normalized spacial score (nSPS) is 29.1. The minimum atomic E-state index is -2.33. The molecule has 1 saturated carbocycles. The van der Waals surface area contributed by atoms with Gasteiger partial charge in [0.1, 0.15) is 0 Å². The van der Waals surface area contributed by atoms with E-state index in [-0.39, 0.29) is 18.8 Å². The van der Waals surface area contributed by atoms with Gasteiger partial charge in [0.25, 0.3) is 0 Å². The number of rotatable bonds is 0. The third-order valence-electron chi connectivity index (χ3n) is 1.65. The second kappa shape index (κ2) is 3.89. The van der Waals surface area contributed by atoms with Crippen LogP contribution in [-0.2, 0) is 0 Å². The van der Waals surface area contributed by atoms with Crippen molar-refractivity contribution in [2.45, 2.75) is 46.0 Å². The van der Waals surface area contributed by atoms with Crippen molar-refractivity contribution >= 4 is 0 Å². The van der Waals surface area contributed by atoms with Gasteiger partial charge < -0.3 is 0 Å². The molecule has 62 valence electrons. The molecule has 1 rings (SSSR count). The lowest BCUT2D eigenvalue weighted by Crippen LogP contribution is -2.08. The van der Waals surface area contributed by atoms with Crippen molar-refractivity contribution in [2.24, 2.45) is 5.92 Å². The lowest BCUT2D eigenvalue weighted by atomic mass is 10.1. The average molecular weight is 150 g/mol. The molecule has 0 amide bonds. The van der Waals surface area contributed by atoms with Crippen LogP contribution in [0, 0.1) is 5.92 Å². The molecule has 0 spiro atoms. The molecule has 0 aromatic heterocycles. The first-order chi connectivity index (χ1) is 4.60. The minimum Gasteiger partial charge on any atom is -0.207 e. The Labute approximate surface area is 61.6 Å². The van der Waals surface area contributed by atoms with E-state index in [4.69, 9.17) is 0 Å². The molecule has 0 aromatic rings. The van der Waals surface area contributed by atoms with Gasteiger partial charge in [-0.3, -0.25) is 0 Å². The van der Waals surface area contributed by atoms with E-state index < -0.39 is 5.92 Å². The number of halogens is 2. The van der Waals surface area contributed by atoms with Gasteiger partial charge in [-0.05, 0) is 12.3 Å². The van der Waals surface area contributed by atoms with Crippen LogP contribution >= 0.6 is 0 Å². The Hall–Kier alpha value is -0.140. The van der Waals surface area contributed by atoms with Crippen LogP contribution in [0.3, 0.4) is 0 Å². The van der Waals surface area contributed by atoms with Gasteiger partial charge in [0, 0.05) is 12.8 Å². The number of hydrogen-bond donors (Lipinski definition) is 0. The Balaban J connectivity index is 0.000000371. The first-order valence-corrected chi connectivity index (χ1v) is 3.98. The van der Waals surface area contributed by atoms with Gasteiger partial charge in [-0.1, -0.05) is 20.8 Å². The van der Waals surface area contributed by atoms with Crippen LogP contribution in [0.4, 0.5) is 8.78 Å². The topological polar surface area (TPSA) is 0 Å². The molecule has 0 radical (unpaired) electrons. The second-order valence-electron chi connectivity index (χ2n) is 2.70. The largest absolute Gasteiger partial charge is 0.248 e. The third kappa shape index (κ3) is 3.14. The van der Waals surface area contributed by atoms with Gasteiger partial charge in [-0.25, -0.2) is 8.78 Å². The summed E-state index contributed by atoms with van der Waals surface area (Å²) in [7, 11) is 0. The summed E-state index contributed by atoms with van der Waals surface area (Å²) in [4.78, 5) is 0. The molecular formula is C8H16F2. The predicted molar refractivity (Wildman–Crippen MR) is 39.3 cm³/mol. The van der Waals surface area contributed by atoms with Crippen LogP contribution in [0.5, 0.6) is 0 Å². The molecule has 0 bridgehead atoms. The van der Waals surface area contributed by atoms with E-state index >= 15 is 0 Å². The molecule has 0 aliphatic heterocycles. The highest BCUT2D eigenvalue weighted by Gasteiger charge is 2.36. The van der Waals surface area contributed by atoms with Gasteiger partial charge in [-0.2, -0.15) is 0 Å². The Morgan fingerprint density at radius 1 is 1.30 bits per heavy atom. The molecule has 1 atom stereocenters. The van der Waals surface area contributed by atoms with E-state index in [1.54, 1.807) is 0 Å². The van der Waals surface area contributed by atoms with E-state index in [9.17, 15) is 8.78 Å².